The lowest BCUT2D eigenvalue weighted by atomic mass is 10.2. The van der Waals surface area contributed by atoms with Crippen LogP contribution in [0.25, 0.3) is 0 Å². The molecular formula is C15H14N4O2. The van der Waals surface area contributed by atoms with Crippen molar-refractivity contribution < 1.29 is 9.59 Å². The maximum absolute atomic E-state index is 10.9. The Bertz CT molecular complexity index is 676. The van der Waals surface area contributed by atoms with E-state index in [4.69, 9.17) is 11.5 Å². The lowest BCUT2D eigenvalue weighted by Gasteiger charge is -2.01. The molecule has 2 amide bonds. The van der Waals surface area contributed by atoms with E-state index < -0.39 is 11.8 Å². The van der Waals surface area contributed by atoms with Crippen molar-refractivity contribution in [2.45, 2.75) is 0 Å². The molecule has 0 bridgehead atoms. The second kappa shape index (κ2) is 6.33. The SMILES string of the molecule is NC(=O)c1ccc(/N=C/Nc2ccc(C(N)=O)cc2)cc1. The Labute approximate surface area is 121 Å². The number of nitrogens with two attached hydrogens (primary N) is 2. The first-order valence-corrected chi connectivity index (χ1v) is 6.15. The molecule has 5 N–H and O–H groups in total. The quantitative estimate of drug-likeness (QED) is 0.572. The second-order valence-electron chi connectivity index (χ2n) is 4.26. The number of aliphatic imine (C=N–C) groups is 1. The predicted octanol–water partition coefficient (Wildman–Crippen LogP) is 1.66. The van der Waals surface area contributed by atoms with Gasteiger partial charge in [0.15, 0.2) is 0 Å². The van der Waals surface area contributed by atoms with Crippen LogP contribution in [0.2, 0.25) is 0 Å². The predicted molar refractivity (Wildman–Crippen MR) is 81.7 cm³/mol. The van der Waals surface area contributed by atoms with E-state index in [-0.39, 0.29) is 0 Å². The first-order valence-electron chi connectivity index (χ1n) is 6.15. The van der Waals surface area contributed by atoms with Gasteiger partial charge in [-0.25, -0.2) is 4.99 Å². The third-order valence-electron chi connectivity index (χ3n) is 2.77. The molecule has 0 spiro atoms. The standard InChI is InChI=1S/C15H14N4O2/c16-14(20)10-1-5-12(6-2-10)18-9-19-13-7-3-11(4-8-13)15(17)21/h1-9H,(H2,16,20)(H2,17,21)(H,18,19). The fraction of sp³-hybridized carbons (Fsp3) is 0. The second-order valence-corrected chi connectivity index (χ2v) is 4.26. The number of nitrogens with one attached hydrogen (secondary N) is 1. The highest BCUT2D eigenvalue weighted by atomic mass is 16.1. The van der Waals surface area contributed by atoms with E-state index in [9.17, 15) is 9.59 Å². The normalized spacial score (nSPS) is 10.5. The first kappa shape index (κ1) is 14.3. The minimum atomic E-state index is -0.474. The zero-order chi connectivity index (χ0) is 15.2. The van der Waals surface area contributed by atoms with Gasteiger partial charge in [0.2, 0.25) is 11.8 Å². The van der Waals surface area contributed by atoms with Gasteiger partial charge in [-0.2, -0.15) is 0 Å². The molecule has 0 aliphatic rings. The molecule has 0 radical (unpaired) electrons. The number of nitrogens with zero attached hydrogens (tertiary/aromatic N) is 1. The average molecular weight is 282 g/mol. The monoisotopic (exact) mass is 282 g/mol. The number of amides is 2. The van der Waals surface area contributed by atoms with Crippen molar-refractivity contribution in [1.29, 1.82) is 0 Å². The number of rotatable bonds is 5. The van der Waals surface area contributed by atoms with Crippen molar-refractivity contribution in [1.82, 2.24) is 0 Å². The molecule has 0 aliphatic carbocycles. The smallest absolute Gasteiger partial charge is 0.248 e. The average Bonchev–Trinajstić information content (AvgIpc) is 2.48. The zero-order valence-electron chi connectivity index (χ0n) is 11.1. The van der Waals surface area contributed by atoms with Crippen LogP contribution in [0.3, 0.4) is 0 Å². The highest BCUT2D eigenvalue weighted by molar-refractivity contribution is 5.94. The molecule has 2 aromatic carbocycles. The summed E-state index contributed by atoms with van der Waals surface area (Å²) in [5.74, 6) is -0.942. The summed E-state index contributed by atoms with van der Waals surface area (Å²) >= 11 is 0. The van der Waals surface area contributed by atoms with Gasteiger partial charge >= 0.3 is 0 Å². The van der Waals surface area contributed by atoms with E-state index in [1.807, 2.05) is 0 Å². The Morgan fingerprint density at radius 1 is 0.857 bits per heavy atom. The van der Waals surface area contributed by atoms with Crippen molar-refractivity contribution in [3.63, 3.8) is 0 Å². The molecule has 0 saturated carbocycles. The van der Waals surface area contributed by atoms with Gasteiger partial charge in [-0.05, 0) is 48.5 Å². The van der Waals surface area contributed by atoms with E-state index in [1.54, 1.807) is 48.5 Å². The van der Waals surface area contributed by atoms with E-state index in [1.165, 1.54) is 6.34 Å². The molecule has 0 heterocycles. The number of carbonyl (C=O) groups is 2. The number of benzene rings is 2. The Kier molecular flexibility index (Phi) is 4.30. The highest BCUT2D eigenvalue weighted by Gasteiger charge is 1.99. The van der Waals surface area contributed by atoms with Crippen LogP contribution in [0.1, 0.15) is 20.7 Å². The van der Waals surface area contributed by atoms with Crippen molar-refractivity contribution >= 4 is 29.5 Å². The third-order valence-corrected chi connectivity index (χ3v) is 2.77. The number of primary amides is 2. The number of hydrogen-bond donors (Lipinski definition) is 3. The molecule has 0 fully saturated rings. The minimum absolute atomic E-state index is 0.434. The maximum Gasteiger partial charge on any atom is 0.248 e. The van der Waals surface area contributed by atoms with Crippen molar-refractivity contribution in [3.05, 3.63) is 59.7 Å². The van der Waals surface area contributed by atoms with Crippen LogP contribution < -0.4 is 16.8 Å². The summed E-state index contributed by atoms with van der Waals surface area (Å²) in [5, 5.41) is 2.96. The highest BCUT2D eigenvalue weighted by Crippen LogP contribution is 2.13. The molecule has 6 nitrogen and oxygen atoms in total. The molecule has 21 heavy (non-hydrogen) atoms. The maximum atomic E-state index is 10.9. The van der Waals surface area contributed by atoms with Gasteiger partial charge in [0.1, 0.15) is 0 Å². The largest absolute Gasteiger partial charge is 0.366 e. The molecule has 0 aliphatic heterocycles. The Morgan fingerprint density at radius 3 is 1.81 bits per heavy atom. The van der Waals surface area contributed by atoms with E-state index in [0.717, 1.165) is 5.69 Å². The number of anilines is 1. The van der Waals surface area contributed by atoms with Gasteiger partial charge in [-0.15, -0.1) is 0 Å². The number of carbonyl (C=O) groups excluding carboxylic acids is 2. The fourth-order valence-corrected chi connectivity index (χ4v) is 1.62. The van der Waals surface area contributed by atoms with Crippen molar-refractivity contribution in [2.75, 3.05) is 5.32 Å². The summed E-state index contributed by atoms with van der Waals surface area (Å²) in [6.07, 6.45) is 1.51. The molecule has 0 atom stereocenters. The summed E-state index contributed by atoms with van der Waals surface area (Å²) in [5.41, 5.74) is 12.6. The van der Waals surface area contributed by atoms with Gasteiger partial charge in [0.05, 0.1) is 12.0 Å². The summed E-state index contributed by atoms with van der Waals surface area (Å²) in [6, 6.07) is 13.3. The molecule has 0 aromatic heterocycles. The molecule has 0 unspecified atom stereocenters. The molecule has 0 saturated heterocycles. The Balaban J connectivity index is 1.98. The van der Waals surface area contributed by atoms with Gasteiger partial charge in [0.25, 0.3) is 0 Å². The van der Waals surface area contributed by atoms with Gasteiger partial charge in [0, 0.05) is 16.8 Å². The lowest BCUT2D eigenvalue weighted by Crippen LogP contribution is -2.10. The van der Waals surface area contributed by atoms with E-state index in [2.05, 4.69) is 10.3 Å². The first-order chi connectivity index (χ1) is 10.1. The van der Waals surface area contributed by atoms with Crippen molar-refractivity contribution in [3.8, 4) is 0 Å². The molecule has 2 aromatic rings. The van der Waals surface area contributed by atoms with Crippen LogP contribution in [0, 0.1) is 0 Å². The van der Waals surface area contributed by atoms with Crippen LogP contribution in [0.15, 0.2) is 53.5 Å². The molecular weight excluding hydrogens is 268 g/mol. The molecule has 6 heteroatoms. The van der Waals surface area contributed by atoms with Crippen molar-refractivity contribution in [2.24, 2.45) is 16.5 Å². The van der Waals surface area contributed by atoms with Crippen LogP contribution in [-0.2, 0) is 0 Å². The summed E-state index contributed by atoms with van der Waals surface area (Å²) in [7, 11) is 0. The minimum Gasteiger partial charge on any atom is -0.366 e. The lowest BCUT2D eigenvalue weighted by molar-refractivity contribution is 0.0992. The topological polar surface area (TPSA) is 111 Å². The Hall–Kier alpha value is -3.15. The van der Waals surface area contributed by atoms with Gasteiger partial charge in [-0.1, -0.05) is 0 Å². The Morgan fingerprint density at radius 2 is 1.33 bits per heavy atom. The third kappa shape index (κ3) is 3.90. The van der Waals surface area contributed by atoms with E-state index in [0.29, 0.717) is 16.8 Å². The fourth-order valence-electron chi connectivity index (χ4n) is 1.62. The zero-order valence-corrected chi connectivity index (χ0v) is 11.1. The van der Waals surface area contributed by atoms with Crippen LogP contribution in [-0.4, -0.2) is 18.2 Å². The van der Waals surface area contributed by atoms with E-state index >= 15 is 0 Å². The van der Waals surface area contributed by atoms with Gasteiger partial charge < -0.3 is 16.8 Å². The van der Waals surface area contributed by atoms with Crippen LogP contribution in [0.5, 0.6) is 0 Å². The molecule has 2 rings (SSSR count). The van der Waals surface area contributed by atoms with Gasteiger partial charge in [-0.3, -0.25) is 9.59 Å². The summed E-state index contributed by atoms with van der Waals surface area (Å²) in [4.78, 5) is 26.0. The summed E-state index contributed by atoms with van der Waals surface area (Å²) in [6.45, 7) is 0. The molecule has 106 valence electrons. The summed E-state index contributed by atoms with van der Waals surface area (Å²) < 4.78 is 0. The number of hydrogen-bond acceptors (Lipinski definition) is 3. The van der Waals surface area contributed by atoms with Crippen LogP contribution >= 0.6 is 0 Å². The van der Waals surface area contributed by atoms with Crippen LogP contribution in [0.4, 0.5) is 11.4 Å².